The van der Waals surface area contributed by atoms with E-state index in [4.69, 9.17) is 16.3 Å². The summed E-state index contributed by atoms with van der Waals surface area (Å²) in [5.41, 5.74) is 1.05. The van der Waals surface area contributed by atoms with Crippen molar-refractivity contribution in [2.24, 2.45) is 0 Å². The van der Waals surface area contributed by atoms with Crippen LogP contribution < -0.4 is 10.2 Å². The Morgan fingerprint density at radius 3 is 2.57 bits per heavy atom. The van der Waals surface area contributed by atoms with Gasteiger partial charge in [0.2, 0.25) is 5.91 Å². The van der Waals surface area contributed by atoms with Crippen LogP contribution in [0.1, 0.15) is 12.8 Å². The summed E-state index contributed by atoms with van der Waals surface area (Å²) in [4.78, 5) is 16.4. The van der Waals surface area contributed by atoms with Gasteiger partial charge in [0, 0.05) is 26.2 Å². The van der Waals surface area contributed by atoms with Crippen LogP contribution in [-0.2, 0) is 9.53 Å². The molecule has 2 aliphatic heterocycles. The Morgan fingerprint density at radius 2 is 1.87 bits per heavy atom. The highest BCUT2D eigenvalue weighted by atomic mass is 35.5. The molecule has 1 aromatic rings. The molecule has 0 radical (unpaired) electrons. The van der Waals surface area contributed by atoms with Crippen molar-refractivity contribution in [1.29, 1.82) is 0 Å². The third-order valence-electron chi connectivity index (χ3n) is 4.55. The highest BCUT2D eigenvalue weighted by Crippen LogP contribution is 2.26. The number of para-hydroxylation sites is 1. The molecule has 2 heterocycles. The number of rotatable bonds is 4. The van der Waals surface area contributed by atoms with Crippen molar-refractivity contribution in [3.05, 3.63) is 29.3 Å². The smallest absolute Gasteiger partial charge is 0.248 e. The van der Waals surface area contributed by atoms with Crippen LogP contribution >= 0.6 is 11.6 Å². The van der Waals surface area contributed by atoms with E-state index in [2.05, 4.69) is 10.2 Å². The van der Waals surface area contributed by atoms with Crippen molar-refractivity contribution in [2.75, 3.05) is 50.8 Å². The zero-order valence-electron chi connectivity index (χ0n) is 13.3. The minimum Gasteiger partial charge on any atom is -0.368 e. The number of benzene rings is 1. The average Bonchev–Trinajstić information content (AvgIpc) is 2.61. The summed E-state index contributed by atoms with van der Waals surface area (Å²) in [5.74, 6) is 0.0994. The standard InChI is InChI=1S/C17H24ClN3O2/c18-15-3-1-2-4-16(15)20-9-11-21(12-10-20)17(22)13-23-14-5-7-19-8-6-14/h1-4,14,19H,5-13H2. The minimum atomic E-state index is 0.0994. The van der Waals surface area contributed by atoms with Gasteiger partial charge in [0.15, 0.2) is 0 Å². The highest BCUT2D eigenvalue weighted by molar-refractivity contribution is 6.33. The van der Waals surface area contributed by atoms with E-state index in [9.17, 15) is 4.79 Å². The lowest BCUT2D eigenvalue weighted by Crippen LogP contribution is -2.50. The fraction of sp³-hybridized carbons (Fsp3) is 0.588. The molecule has 0 spiro atoms. The largest absolute Gasteiger partial charge is 0.368 e. The number of carbonyl (C=O) groups is 1. The van der Waals surface area contributed by atoms with Crippen LogP contribution in [0.2, 0.25) is 5.02 Å². The van der Waals surface area contributed by atoms with Gasteiger partial charge < -0.3 is 19.9 Å². The van der Waals surface area contributed by atoms with Gasteiger partial charge in [-0.25, -0.2) is 0 Å². The summed E-state index contributed by atoms with van der Waals surface area (Å²) in [7, 11) is 0. The number of hydrogen-bond acceptors (Lipinski definition) is 4. The lowest BCUT2D eigenvalue weighted by atomic mass is 10.1. The molecule has 5 nitrogen and oxygen atoms in total. The third kappa shape index (κ3) is 4.37. The Kier molecular flexibility index (Phi) is 5.75. The molecule has 3 rings (SSSR count). The second kappa shape index (κ2) is 7.99. The molecule has 2 fully saturated rings. The van der Waals surface area contributed by atoms with Crippen molar-refractivity contribution in [2.45, 2.75) is 18.9 Å². The Morgan fingerprint density at radius 1 is 1.17 bits per heavy atom. The summed E-state index contributed by atoms with van der Waals surface area (Å²) in [6.45, 7) is 5.23. The Hall–Kier alpha value is -1.30. The SMILES string of the molecule is O=C(COC1CCNCC1)N1CCN(c2ccccc2Cl)CC1. The molecule has 0 saturated carbocycles. The fourth-order valence-electron chi connectivity index (χ4n) is 3.15. The van der Waals surface area contributed by atoms with E-state index in [1.165, 1.54) is 0 Å². The molecule has 0 atom stereocenters. The van der Waals surface area contributed by atoms with Gasteiger partial charge in [-0.05, 0) is 38.1 Å². The summed E-state index contributed by atoms with van der Waals surface area (Å²) in [5, 5.41) is 4.06. The number of piperazine rings is 1. The molecular formula is C17H24ClN3O2. The van der Waals surface area contributed by atoms with Crippen LogP contribution in [0.4, 0.5) is 5.69 Å². The van der Waals surface area contributed by atoms with Crippen LogP contribution in [0.5, 0.6) is 0 Å². The van der Waals surface area contributed by atoms with Crippen molar-refractivity contribution in [1.82, 2.24) is 10.2 Å². The van der Waals surface area contributed by atoms with Gasteiger partial charge in [-0.1, -0.05) is 23.7 Å². The van der Waals surface area contributed by atoms with E-state index >= 15 is 0 Å². The van der Waals surface area contributed by atoms with Crippen LogP contribution in [0, 0.1) is 0 Å². The summed E-state index contributed by atoms with van der Waals surface area (Å²) in [6, 6.07) is 7.86. The molecule has 0 aromatic heterocycles. The number of piperidine rings is 1. The molecule has 0 bridgehead atoms. The quantitative estimate of drug-likeness (QED) is 0.909. The first-order valence-electron chi connectivity index (χ1n) is 8.33. The van der Waals surface area contributed by atoms with Crippen LogP contribution in [-0.4, -0.2) is 62.8 Å². The number of ether oxygens (including phenoxy) is 1. The van der Waals surface area contributed by atoms with E-state index in [-0.39, 0.29) is 18.6 Å². The molecule has 2 aliphatic rings. The number of nitrogens with one attached hydrogen (secondary N) is 1. The lowest BCUT2D eigenvalue weighted by Gasteiger charge is -2.36. The van der Waals surface area contributed by atoms with Gasteiger partial charge in [0.05, 0.1) is 16.8 Å². The number of carbonyl (C=O) groups excluding carboxylic acids is 1. The maximum absolute atomic E-state index is 12.3. The summed E-state index contributed by atoms with van der Waals surface area (Å²) >= 11 is 6.24. The molecular weight excluding hydrogens is 314 g/mol. The molecule has 2 saturated heterocycles. The first-order chi connectivity index (χ1) is 11.2. The van der Waals surface area contributed by atoms with Crippen LogP contribution in [0.3, 0.4) is 0 Å². The normalized spacial score (nSPS) is 19.9. The molecule has 1 N–H and O–H groups in total. The van der Waals surface area contributed by atoms with E-state index in [0.29, 0.717) is 0 Å². The Balaban J connectivity index is 1.45. The van der Waals surface area contributed by atoms with Gasteiger partial charge >= 0.3 is 0 Å². The molecule has 1 amide bonds. The third-order valence-corrected chi connectivity index (χ3v) is 4.87. The zero-order chi connectivity index (χ0) is 16.1. The molecule has 0 aliphatic carbocycles. The number of anilines is 1. The van der Waals surface area contributed by atoms with E-state index in [1.807, 2.05) is 29.2 Å². The summed E-state index contributed by atoms with van der Waals surface area (Å²) < 4.78 is 5.76. The van der Waals surface area contributed by atoms with Crippen molar-refractivity contribution in [3.63, 3.8) is 0 Å². The first-order valence-corrected chi connectivity index (χ1v) is 8.71. The van der Waals surface area contributed by atoms with Crippen LogP contribution in [0.25, 0.3) is 0 Å². The van der Waals surface area contributed by atoms with Gasteiger partial charge in [-0.3, -0.25) is 4.79 Å². The lowest BCUT2D eigenvalue weighted by molar-refractivity contribution is -0.139. The predicted octanol–water partition coefficient (Wildman–Crippen LogP) is 1.76. The van der Waals surface area contributed by atoms with E-state index < -0.39 is 0 Å². The molecule has 1 aromatic carbocycles. The first kappa shape index (κ1) is 16.6. The maximum Gasteiger partial charge on any atom is 0.248 e. The average molecular weight is 338 g/mol. The van der Waals surface area contributed by atoms with Crippen molar-refractivity contribution >= 4 is 23.2 Å². The maximum atomic E-state index is 12.3. The number of hydrogen-bond donors (Lipinski definition) is 1. The van der Waals surface area contributed by atoms with Gasteiger partial charge in [-0.15, -0.1) is 0 Å². The Bertz CT molecular complexity index is 526. The molecule has 23 heavy (non-hydrogen) atoms. The second-order valence-corrected chi connectivity index (χ2v) is 6.49. The van der Waals surface area contributed by atoms with Gasteiger partial charge in [0.25, 0.3) is 0 Å². The summed E-state index contributed by atoms with van der Waals surface area (Å²) in [6.07, 6.45) is 2.21. The van der Waals surface area contributed by atoms with E-state index in [0.717, 1.165) is 62.8 Å². The van der Waals surface area contributed by atoms with Gasteiger partial charge in [0.1, 0.15) is 6.61 Å². The molecule has 6 heteroatoms. The predicted molar refractivity (Wildman–Crippen MR) is 92.1 cm³/mol. The van der Waals surface area contributed by atoms with Crippen molar-refractivity contribution in [3.8, 4) is 0 Å². The number of amides is 1. The number of halogens is 1. The topological polar surface area (TPSA) is 44.8 Å². The number of nitrogens with zero attached hydrogens (tertiary/aromatic N) is 2. The highest BCUT2D eigenvalue weighted by Gasteiger charge is 2.23. The van der Waals surface area contributed by atoms with Gasteiger partial charge in [-0.2, -0.15) is 0 Å². The van der Waals surface area contributed by atoms with Crippen LogP contribution in [0.15, 0.2) is 24.3 Å². The Labute approximate surface area is 142 Å². The monoisotopic (exact) mass is 337 g/mol. The minimum absolute atomic E-state index is 0.0994. The zero-order valence-corrected chi connectivity index (χ0v) is 14.1. The van der Waals surface area contributed by atoms with E-state index in [1.54, 1.807) is 0 Å². The fourth-order valence-corrected chi connectivity index (χ4v) is 3.40. The van der Waals surface area contributed by atoms with Crippen molar-refractivity contribution < 1.29 is 9.53 Å². The molecule has 0 unspecified atom stereocenters. The second-order valence-electron chi connectivity index (χ2n) is 6.08. The molecule has 126 valence electrons.